The van der Waals surface area contributed by atoms with E-state index in [1.165, 1.54) is 54.6 Å². The molecule has 0 atom stereocenters. The third-order valence-corrected chi connectivity index (χ3v) is 5.95. The Balaban J connectivity index is 2.57. The van der Waals surface area contributed by atoms with Gasteiger partial charge in [0.25, 0.3) is 0 Å². The highest BCUT2D eigenvalue weighted by atomic mass is 15.1. The lowest BCUT2D eigenvalue weighted by atomic mass is 9.94. The topological polar surface area (TPSA) is 29.6 Å². The van der Waals surface area contributed by atoms with E-state index < -0.39 is 0 Å². The van der Waals surface area contributed by atoms with E-state index in [-0.39, 0.29) is 0 Å². The fraction of sp³-hybridized carbons (Fsp3) is 0.481. The minimum Gasteiger partial charge on any atom is -0.340 e. The number of allylic oxidation sites excluding steroid dienone is 5. The van der Waals surface area contributed by atoms with E-state index in [0.717, 1.165) is 29.9 Å². The van der Waals surface area contributed by atoms with Crippen LogP contribution in [-0.4, -0.2) is 16.5 Å². The molecule has 1 fully saturated rings. The number of aliphatic imine (C=N–C) groups is 2. The number of hydrogen-bond acceptors (Lipinski definition) is 2. The summed E-state index contributed by atoms with van der Waals surface area (Å²) in [5, 5.41) is 0. The Morgan fingerprint density at radius 1 is 1.20 bits per heavy atom. The standard InChI is InChI=1S/C27H39N3/c1-8-15-20(5)24-19-27(30(22(24)7)23-16-13-12-14-17-23)26(11-4)29-21(6)25(10-3)28-18-9-2/h9-11,18-19,23H,2,5,8,12-17H2,1,3-4,6-7H3/b25-10-,26-11-,28-18?,29-21+. The van der Waals surface area contributed by atoms with Crippen molar-refractivity contribution in [2.45, 2.75) is 85.6 Å². The Morgan fingerprint density at radius 2 is 1.90 bits per heavy atom. The quantitative estimate of drug-likeness (QED) is 0.371. The molecule has 162 valence electrons. The van der Waals surface area contributed by atoms with Gasteiger partial charge in [-0.1, -0.05) is 64.0 Å². The molecule has 0 spiro atoms. The van der Waals surface area contributed by atoms with Gasteiger partial charge in [-0.05, 0) is 64.2 Å². The van der Waals surface area contributed by atoms with Crippen molar-refractivity contribution in [2.24, 2.45) is 9.98 Å². The Kier molecular flexibility index (Phi) is 9.29. The van der Waals surface area contributed by atoms with Crippen LogP contribution in [0.3, 0.4) is 0 Å². The molecule has 0 bridgehead atoms. The highest BCUT2D eigenvalue weighted by molar-refractivity contribution is 6.02. The molecule has 1 aliphatic carbocycles. The minimum absolute atomic E-state index is 0.544. The van der Waals surface area contributed by atoms with Crippen molar-refractivity contribution in [3.05, 3.63) is 60.1 Å². The maximum Gasteiger partial charge on any atom is 0.0828 e. The summed E-state index contributed by atoms with van der Waals surface area (Å²) in [6.07, 6.45) is 16.1. The average Bonchev–Trinajstić information content (AvgIpc) is 3.10. The zero-order valence-corrected chi connectivity index (χ0v) is 19.7. The third kappa shape index (κ3) is 5.59. The summed E-state index contributed by atoms with van der Waals surface area (Å²) in [4.78, 5) is 9.48. The van der Waals surface area contributed by atoms with Crippen molar-refractivity contribution in [3.63, 3.8) is 0 Å². The molecule has 0 amide bonds. The summed E-state index contributed by atoms with van der Waals surface area (Å²) in [5.41, 5.74) is 7.84. The Hall–Kier alpha value is -2.42. The van der Waals surface area contributed by atoms with Crippen LogP contribution in [0.15, 0.2) is 53.1 Å². The number of aromatic nitrogens is 1. The first-order chi connectivity index (χ1) is 14.5. The molecule has 1 aromatic heterocycles. The molecule has 0 N–H and O–H groups in total. The van der Waals surface area contributed by atoms with E-state index in [1.807, 2.05) is 19.9 Å². The van der Waals surface area contributed by atoms with Crippen LogP contribution in [0.4, 0.5) is 0 Å². The maximum atomic E-state index is 5.02. The lowest BCUT2D eigenvalue weighted by Gasteiger charge is -2.27. The molecule has 2 rings (SSSR count). The van der Waals surface area contributed by atoms with Gasteiger partial charge in [0.05, 0.1) is 22.8 Å². The summed E-state index contributed by atoms with van der Waals surface area (Å²) in [6.45, 7) is 18.7. The predicted molar refractivity (Wildman–Crippen MR) is 134 cm³/mol. The van der Waals surface area contributed by atoms with Gasteiger partial charge in [0.1, 0.15) is 0 Å². The molecular formula is C27H39N3. The lowest BCUT2D eigenvalue weighted by molar-refractivity contribution is 0.348. The van der Waals surface area contributed by atoms with Crippen LogP contribution < -0.4 is 0 Å². The molecule has 0 unspecified atom stereocenters. The number of nitrogens with zero attached hydrogens (tertiary/aromatic N) is 3. The van der Waals surface area contributed by atoms with Crippen LogP contribution >= 0.6 is 0 Å². The van der Waals surface area contributed by atoms with Gasteiger partial charge in [-0.15, -0.1) is 0 Å². The summed E-state index contributed by atoms with van der Waals surface area (Å²) < 4.78 is 2.55. The van der Waals surface area contributed by atoms with E-state index in [2.05, 4.69) is 55.6 Å². The molecule has 3 heteroatoms. The minimum atomic E-state index is 0.544. The van der Waals surface area contributed by atoms with E-state index in [0.29, 0.717) is 6.04 Å². The zero-order valence-electron chi connectivity index (χ0n) is 19.7. The molecule has 30 heavy (non-hydrogen) atoms. The molecule has 1 heterocycles. The van der Waals surface area contributed by atoms with Gasteiger partial charge in [-0.2, -0.15) is 0 Å². The number of hydrogen-bond donors (Lipinski definition) is 0. The highest BCUT2D eigenvalue weighted by Gasteiger charge is 2.24. The Labute approximate surface area is 183 Å². The second-order valence-electron chi connectivity index (χ2n) is 8.10. The first-order valence-electron chi connectivity index (χ1n) is 11.4. The normalized spacial score (nSPS) is 17.0. The van der Waals surface area contributed by atoms with Crippen LogP contribution in [0.25, 0.3) is 11.3 Å². The largest absolute Gasteiger partial charge is 0.340 e. The lowest BCUT2D eigenvalue weighted by Crippen LogP contribution is -2.16. The van der Waals surface area contributed by atoms with Gasteiger partial charge in [-0.3, -0.25) is 4.99 Å². The van der Waals surface area contributed by atoms with Crippen molar-refractivity contribution in [2.75, 3.05) is 0 Å². The monoisotopic (exact) mass is 405 g/mol. The van der Waals surface area contributed by atoms with E-state index in [9.17, 15) is 0 Å². The highest BCUT2D eigenvalue weighted by Crippen LogP contribution is 2.37. The SMILES string of the molecule is C=CC=NC(=C\C)/C(C)=N/C(=C\C)c1cc(C(=C)CCC)c(C)n1C1CCCCC1. The molecule has 1 aliphatic rings. The number of rotatable bonds is 9. The molecule has 1 saturated carbocycles. The predicted octanol–water partition coefficient (Wildman–Crippen LogP) is 8.10. The summed E-state index contributed by atoms with van der Waals surface area (Å²) in [5.74, 6) is 0. The molecule has 0 saturated heterocycles. The van der Waals surface area contributed by atoms with Gasteiger partial charge in [0.15, 0.2) is 0 Å². The Morgan fingerprint density at radius 3 is 2.47 bits per heavy atom. The molecule has 0 aromatic carbocycles. The second-order valence-corrected chi connectivity index (χ2v) is 8.10. The first kappa shape index (κ1) is 23.9. The van der Waals surface area contributed by atoms with Crippen LogP contribution in [0.2, 0.25) is 0 Å². The first-order valence-corrected chi connectivity index (χ1v) is 11.4. The molecule has 0 radical (unpaired) electrons. The van der Waals surface area contributed by atoms with Crippen LogP contribution in [0.1, 0.15) is 95.6 Å². The fourth-order valence-electron chi connectivity index (χ4n) is 4.44. The third-order valence-electron chi connectivity index (χ3n) is 5.95. The van der Waals surface area contributed by atoms with Crippen molar-refractivity contribution < 1.29 is 0 Å². The zero-order chi connectivity index (χ0) is 22.1. The van der Waals surface area contributed by atoms with Crippen molar-refractivity contribution in [1.82, 2.24) is 4.57 Å². The van der Waals surface area contributed by atoms with Gasteiger partial charge in [0, 0.05) is 18.0 Å². The Bertz CT molecular complexity index is 868. The maximum absolute atomic E-state index is 5.02. The summed E-state index contributed by atoms with van der Waals surface area (Å²) >= 11 is 0. The van der Waals surface area contributed by atoms with Crippen LogP contribution in [-0.2, 0) is 0 Å². The average molecular weight is 406 g/mol. The van der Waals surface area contributed by atoms with Gasteiger partial charge in [0.2, 0.25) is 0 Å². The van der Waals surface area contributed by atoms with Gasteiger partial charge >= 0.3 is 0 Å². The summed E-state index contributed by atoms with van der Waals surface area (Å²) in [7, 11) is 0. The molecule has 1 aromatic rings. The van der Waals surface area contributed by atoms with E-state index in [4.69, 9.17) is 4.99 Å². The van der Waals surface area contributed by atoms with E-state index >= 15 is 0 Å². The second kappa shape index (κ2) is 11.7. The van der Waals surface area contributed by atoms with Crippen molar-refractivity contribution in [3.8, 4) is 0 Å². The van der Waals surface area contributed by atoms with Gasteiger partial charge in [-0.25, -0.2) is 4.99 Å². The fourth-order valence-corrected chi connectivity index (χ4v) is 4.44. The summed E-state index contributed by atoms with van der Waals surface area (Å²) in [6, 6.07) is 2.86. The van der Waals surface area contributed by atoms with Gasteiger partial charge < -0.3 is 4.57 Å². The van der Waals surface area contributed by atoms with Crippen molar-refractivity contribution >= 4 is 23.2 Å². The van der Waals surface area contributed by atoms with Crippen molar-refractivity contribution in [1.29, 1.82) is 0 Å². The van der Waals surface area contributed by atoms with Crippen LogP contribution in [0, 0.1) is 6.92 Å². The van der Waals surface area contributed by atoms with Crippen LogP contribution in [0.5, 0.6) is 0 Å². The smallest absolute Gasteiger partial charge is 0.0828 e. The molecular weight excluding hydrogens is 366 g/mol. The molecule has 3 nitrogen and oxygen atoms in total. The van der Waals surface area contributed by atoms with E-state index in [1.54, 1.807) is 12.3 Å². The molecule has 0 aliphatic heterocycles.